The second-order valence-corrected chi connectivity index (χ2v) is 8.84. The maximum absolute atomic E-state index is 12.9. The van der Waals surface area contributed by atoms with Crippen molar-refractivity contribution in [3.63, 3.8) is 0 Å². The van der Waals surface area contributed by atoms with Crippen LogP contribution in [0, 0.1) is 0 Å². The number of nitrogens with one attached hydrogen (secondary N) is 1. The van der Waals surface area contributed by atoms with Crippen LogP contribution in [0.15, 0.2) is 102 Å². The predicted molar refractivity (Wildman–Crippen MR) is 143 cm³/mol. The normalized spacial score (nSPS) is 12.5. The highest BCUT2D eigenvalue weighted by Crippen LogP contribution is 2.32. The predicted octanol–water partition coefficient (Wildman–Crippen LogP) is 6.89. The van der Waals surface area contributed by atoms with E-state index in [2.05, 4.69) is 10.4 Å². The summed E-state index contributed by atoms with van der Waals surface area (Å²) in [5.41, 5.74) is 1.54. The molecule has 7 nitrogen and oxygen atoms in total. The van der Waals surface area contributed by atoms with Crippen LogP contribution >= 0.6 is 0 Å². The molecule has 1 atom stereocenters. The SMILES string of the molecule is C[C@@H](OC(=O)/C=C/c1cn(-c2ccccc2)nc1-c1cc2ccccc2o1)C(=O)Nc1cccc(C(F)(F)F)c1. The Kier molecular flexibility index (Phi) is 7.24. The van der Waals surface area contributed by atoms with Gasteiger partial charge >= 0.3 is 12.1 Å². The van der Waals surface area contributed by atoms with Gasteiger partial charge in [0, 0.05) is 28.9 Å². The molecule has 0 aliphatic heterocycles. The van der Waals surface area contributed by atoms with E-state index in [0.717, 1.165) is 29.3 Å². The Morgan fingerprint density at radius 2 is 1.75 bits per heavy atom. The Balaban J connectivity index is 1.33. The smallest absolute Gasteiger partial charge is 0.416 e. The van der Waals surface area contributed by atoms with E-state index in [1.807, 2.05) is 60.7 Å². The van der Waals surface area contributed by atoms with Crippen LogP contribution in [0.25, 0.3) is 34.2 Å². The summed E-state index contributed by atoms with van der Waals surface area (Å²) < 4.78 is 51.7. The minimum absolute atomic E-state index is 0.0675. The molecule has 0 bridgehead atoms. The van der Waals surface area contributed by atoms with E-state index in [4.69, 9.17) is 9.15 Å². The van der Waals surface area contributed by atoms with Gasteiger partial charge in [0.1, 0.15) is 11.3 Å². The third-order valence-electron chi connectivity index (χ3n) is 5.94. The number of fused-ring (bicyclic) bond motifs is 1. The Labute approximate surface area is 226 Å². The Hall–Kier alpha value is -5.12. The van der Waals surface area contributed by atoms with Crippen LogP contribution in [0.5, 0.6) is 0 Å². The summed E-state index contributed by atoms with van der Waals surface area (Å²) in [5.74, 6) is -1.10. The summed E-state index contributed by atoms with van der Waals surface area (Å²) in [6.45, 7) is 1.32. The van der Waals surface area contributed by atoms with Gasteiger partial charge in [-0.2, -0.15) is 18.3 Å². The van der Waals surface area contributed by atoms with Crippen molar-refractivity contribution in [2.45, 2.75) is 19.2 Å². The Bertz CT molecular complexity index is 1670. The van der Waals surface area contributed by atoms with Crippen molar-refractivity contribution in [3.05, 3.63) is 108 Å². The first-order chi connectivity index (χ1) is 19.2. The van der Waals surface area contributed by atoms with Crippen LogP contribution in [-0.2, 0) is 20.5 Å². The molecule has 0 aliphatic rings. The molecule has 0 saturated heterocycles. The number of rotatable bonds is 7. The minimum Gasteiger partial charge on any atom is -0.454 e. The quantitative estimate of drug-likeness (QED) is 0.178. The Morgan fingerprint density at radius 3 is 2.50 bits per heavy atom. The van der Waals surface area contributed by atoms with Gasteiger partial charge < -0.3 is 14.5 Å². The summed E-state index contributed by atoms with van der Waals surface area (Å²) >= 11 is 0. The van der Waals surface area contributed by atoms with Crippen molar-refractivity contribution in [1.29, 1.82) is 0 Å². The molecule has 0 aliphatic carbocycles. The first-order valence-corrected chi connectivity index (χ1v) is 12.2. The van der Waals surface area contributed by atoms with Gasteiger partial charge in [-0.3, -0.25) is 4.79 Å². The zero-order valence-corrected chi connectivity index (χ0v) is 21.1. The molecule has 2 aromatic heterocycles. The van der Waals surface area contributed by atoms with Crippen molar-refractivity contribution in [2.75, 3.05) is 5.32 Å². The summed E-state index contributed by atoms with van der Waals surface area (Å²) in [6, 6.07) is 22.9. The fourth-order valence-corrected chi connectivity index (χ4v) is 3.95. The van der Waals surface area contributed by atoms with Crippen molar-refractivity contribution < 1.29 is 31.9 Å². The third-order valence-corrected chi connectivity index (χ3v) is 5.94. The Morgan fingerprint density at radius 1 is 1.00 bits per heavy atom. The lowest BCUT2D eigenvalue weighted by Gasteiger charge is -2.13. The molecule has 5 aromatic rings. The number of hydrogen-bond donors (Lipinski definition) is 1. The number of aromatic nitrogens is 2. The number of carbonyl (C=O) groups is 2. The van der Waals surface area contributed by atoms with E-state index in [-0.39, 0.29) is 5.69 Å². The van der Waals surface area contributed by atoms with E-state index in [1.54, 1.807) is 10.9 Å². The molecule has 1 N–H and O–H groups in total. The molecule has 1 amide bonds. The molecule has 202 valence electrons. The van der Waals surface area contributed by atoms with Gasteiger partial charge in [-0.05, 0) is 55.5 Å². The third kappa shape index (κ3) is 5.96. The van der Waals surface area contributed by atoms with E-state index in [1.165, 1.54) is 25.1 Å². The number of ether oxygens (including phenoxy) is 1. The van der Waals surface area contributed by atoms with E-state index in [9.17, 15) is 22.8 Å². The molecule has 0 spiro atoms. The number of para-hydroxylation sites is 2. The number of esters is 1. The highest BCUT2D eigenvalue weighted by atomic mass is 19.4. The van der Waals surface area contributed by atoms with Gasteiger partial charge in [-0.15, -0.1) is 0 Å². The van der Waals surface area contributed by atoms with Crippen molar-refractivity contribution in [2.24, 2.45) is 0 Å². The molecule has 40 heavy (non-hydrogen) atoms. The summed E-state index contributed by atoms with van der Waals surface area (Å²) in [7, 11) is 0. The van der Waals surface area contributed by atoms with E-state index >= 15 is 0 Å². The highest BCUT2D eigenvalue weighted by molar-refractivity contribution is 5.97. The second-order valence-electron chi connectivity index (χ2n) is 8.84. The molecule has 0 fully saturated rings. The van der Waals surface area contributed by atoms with Gasteiger partial charge in [-0.25, -0.2) is 9.48 Å². The topological polar surface area (TPSA) is 86.4 Å². The summed E-state index contributed by atoms with van der Waals surface area (Å²) in [4.78, 5) is 25.0. The number of benzene rings is 3. The lowest BCUT2D eigenvalue weighted by molar-refractivity contribution is -0.148. The number of halogens is 3. The average molecular weight is 546 g/mol. The highest BCUT2D eigenvalue weighted by Gasteiger charge is 2.30. The standard InChI is InChI=1S/C30H22F3N3O4/c1-19(29(38)34-23-10-7-9-22(17-23)30(31,32)33)39-27(37)15-14-21-18-36(24-11-3-2-4-12-24)35-28(21)26-16-20-8-5-6-13-25(20)40-26/h2-19H,1H3,(H,34,38)/b15-14+/t19-/m1/s1. The number of hydrogen-bond acceptors (Lipinski definition) is 5. The monoisotopic (exact) mass is 545 g/mol. The maximum atomic E-state index is 12.9. The van der Waals surface area contributed by atoms with Gasteiger partial charge in [0.2, 0.25) is 0 Å². The number of nitrogens with zero attached hydrogens (tertiary/aromatic N) is 2. The minimum atomic E-state index is -4.56. The lowest BCUT2D eigenvalue weighted by atomic mass is 10.2. The first-order valence-electron chi connectivity index (χ1n) is 12.2. The number of alkyl halides is 3. The molecule has 3 aromatic carbocycles. The number of carbonyl (C=O) groups excluding carboxylic acids is 2. The van der Waals surface area contributed by atoms with Gasteiger partial charge in [0.15, 0.2) is 11.9 Å². The summed E-state index contributed by atoms with van der Waals surface area (Å²) in [6.07, 6.45) is -1.46. The van der Waals surface area contributed by atoms with Crippen molar-refractivity contribution in [3.8, 4) is 17.1 Å². The van der Waals surface area contributed by atoms with Crippen LogP contribution < -0.4 is 5.32 Å². The fourth-order valence-electron chi connectivity index (χ4n) is 3.95. The van der Waals surface area contributed by atoms with Crippen molar-refractivity contribution in [1.82, 2.24) is 9.78 Å². The van der Waals surface area contributed by atoms with Crippen LogP contribution in [0.1, 0.15) is 18.1 Å². The van der Waals surface area contributed by atoms with Crippen LogP contribution in [-0.4, -0.2) is 27.8 Å². The molecule has 2 heterocycles. The van der Waals surface area contributed by atoms with Gasteiger partial charge in [0.05, 0.1) is 11.3 Å². The number of amides is 1. The molecule has 0 unspecified atom stereocenters. The molecular weight excluding hydrogens is 523 g/mol. The summed E-state index contributed by atoms with van der Waals surface area (Å²) in [5, 5.41) is 7.88. The average Bonchev–Trinajstić information content (AvgIpc) is 3.56. The van der Waals surface area contributed by atoms with Crippen LogP contribution in [0.4, 0.5) is 18.9 Å². The van der Waals surface area contributed by atoms with Crippen LogP contribution in [0.3, 0.4) is 0 Å². The second kappa shape index (κ2) is 10.9. The zero-order chi connectivity index (χ0) is 28.3. The zero-order valence-electron chi connectivity index (χ0n) is 21.1. The molecule has 10 heteroatoms. The largest absolute Gasteiger partial charge is 0.454 e. The van der Waals surface area contributed by atoms with Gasteiger partial charge in [-0.1, -0.05) is 42.5 Å². The number of furan rings is 1. The number of anilines is 1. The lowest BCUT2D eigenvalue weighted by Crippen LogP contribution is -2.29. The van der Waals surface area contributed by atoms with E-state index < -0.39 is 29.7 Å². The molecule has 0 radical (unpaired) electrons. The fraction of sp³-hybridized carbons (Fsp3) is 0.100. The van der Waals surface area contributed by atoms with Crippen LogP contribution in [0.2, 0.25) is 0 Å². The molecule has 5 rings (SSSR count). The molecular formula is C30H22F3N3O4. The molecule has 0 saturated carbocycles. The van der Waals surface area contributed by atoms with Crippen molar-refractivity contribution >= 4 is 34.6 Å². The van der Waals surface area contributed by atoms with E-state index in [0.29, 0.717) is 22.6 Å². The van der Waals surface area contributed by atoms with Gasteiger partial charge in [0.25, 0.3) is 5.91 Å². The maximum Gasteiger partial charge on any atom is 0.416 e. The first kappa shape index (κ1) is 26.5.